The molecule has 31 heavy (non-hydrogen) atoms. The van der Waals surface area contributed by atoms with Crippen LogP contribution in [0.3, 0.4) is 0 Å². The molecule has 1 aliphatic heterocycles. The van der Waals surface area contributed by atoms with E-state index in [0.29, 0.717) is 0 Å². The predicted molar refractivity (Wildman–Crippen MR) is 107 cm³/mol. The number of carbonyl (C=O) groups excluding carboxylic acids is 1. The zero-order chi connectivity index (χ0) is 23.2. The highest BCUT2D eigenvalue weighted by atomic mass is 35.5. The highest BCUT2D eigenvalue weighted by molar-refractivity contribution is 6.30. The van der Waals surface area contributed by atoms with Crippen LogP contribution < -0.4 is 16.8 Å². The molecule has 2 atom stereocenters. The molecule has 12 heteroatoms. The first-order valence-corrected chi connectivity index (χ1v) is 9.23. The molecule has 5 N–H and O–H groups in total. The minimum atomic E-state index is -4.80. The van der Waals surface area contributed by atoms with E-state index in [2.05, 4.69) is 15.3 Å². The Morgan fingerprint density at radius 2 is 1.94 bits per heavy atom. The number of amidine groups is 1. The van der Waals surface area contributed by atoms with Gasteiger partial charge in [0.05, 0.1) is 17.3 Å². The molecule has 3 rings (SSSR count). The molecule has 0 aliphatic carbocycles. The summed E-state index contributed by atoms with van der Waals surface area (Å²) < 4.78 is 59.5. The summed E-state index contributed by atoms with van der Waals surface area (Å²) in [6, 6.07) is 4.88. The van der Waals surface area contributed by atoms with Gasteiger partial charge in [0, 0.05) is 17.4 Å². The second-order valence-corrected chi connectivity index (χ2v) is 7.77. The van der Waals surface area contributed by atoms with E-state index in [1.165, 1.54) is 31.3 Å². The van der Waals surface area contributed by atoms with E-state index >= 15 is 0 Å². The first-order valence-electron chi connectivity index (χ1n) is 8.86. The number of nitrogen functional groups attached to an aromatic ring is 1. The Labute approximate surface area is 179 Å². The average Bonchev–Trinajstić information content (AvgIpc) is 2.65. The number of aliphatic imine (C=N–C) groups is 1. The Hall–Kier alpha value is -2.92. The average molecular weight is 460 g/mol. The summed E-state index contributed by atoms with van der Waals surface area (Å²) >= 11 is 5.76. The molecular formula is C19H18ClF4N5O2. The number of nitrogens with one attached hydrogen (secondary N) is 1. The maximum Gasteiger partial charge on any atom is 0.424 e. The number of ether oxygens (including phenoxy) is 1. The lowest BCUT2D eigenvalue weighted by Crippen LogP contribution is -2.60. The summed E-state index contributed by atoms with van der Waals surface area (Å²) in [5.74, 6) is -2.29. The normalized spacial score (nSPS) is 23.9. The Kier molecular flexibility index (Phi) is 5.61. The van der Waals surface area contributed by atoms with E-state index in [4.69, 9.17) is 27.8 Å². The highest BCUT2D eigenvalue weighted by Gasteiger charge is 2.59. The Morgan fingerprint density at radius 3 is 2.52 bits per heavy atom. The first kappa shape index (κ1) is 22.8. The van der Waals surface area contributed by atoms with E-state index < -0.39 is 41.5 Å². The van der Waals surface area contributed by atoms with Gasteiger partial charge in [-0.1, -0.05) is 11.6 Å². The number of aromatic nitrogens is 1. The molecule has 1 aromatic carbocycles. The maximum absolute atomic E-state index is 14.6. The van der Waals surface area contributed by atoms with Crippen LogP contribution in [0.5, 0.6) is 0 Å². The van der Waals surface area contributed by atoms with Gasteiger partial charge >= 0.3 is 6.18 Å². The Balaban J connectivity index is 1.94. The molecule has 1 aliphatic rings. The molecule has 166 valence electrons. The SMILES string of the molecule is C[C@@]1(c2cc(NC(=O)c3ncc(Cl)cc3N)ccc2F)CO[C@@](C)(C(F)(F)F)C(N)=N1. The van der Waals surface area contributed by atoms with Crippen molar-refractivity contribution in [2.45, 2.75) is 31.2 Å². The molecule has 2 heterocycles. The number of rotatable bonds is 3. The molecule has 7 nitrogen and oxygen atoms in total. The van der Waals surface area contributed by atoms with Crippen molar-refractivity contribution in [3.05, 3.63) is 52.6 Å². The van der Waals surface area contributed by atoms with Gasteiger partial charge in [0.1, 0.15) is 17.2 Å². The molecule has 0 unspecified atom stereocenters. The lowest BCUT2D eigenvalue weighted by atomic mass is 9.89. The fourth-order valence-corrected chi connectivity index (χ4v) is 3.15. The number of nitrogens with zero attached hydrogens (tertiary/aromatic N) is 2. The lowest BCUT2D eigenvalue weighted by Gasteiger charge is -2.41. The minimum Gasteiger partial charge on any atom is -0.397 e. The molecule has 0 bridgehead atoms. The van der Waals surface area contributed by atoms with Gasteiger partial charge in [0.15, 0.2) is 5.69 Å². The highest BCUT2D eigenvalue weighted by Crippen LogP contribution is 2.41. The van der Waals surface area contributed by atoms with Gasteiger partial charge < -0.3 is 21.5 Å². The lowest BCUT2D eigenvalue weighted by molar-refractivity contribution is -0.249. The second kappa shape index (κ2) is 7.65. The molecule has 1 aromatic heterocycles. The molecule has 1 amide bonds. The summed E-state index contributed by atoms with van der Waals surface area (Å²) in [6.45, 7) is 1.53. The molecule has 0 radical (unpaired) electrons. The zero-order valence-corrected chi connectivity index (χ0v) is 17.1. The van der Waals surface area contributed by atoms with Crippen LogP contribution in [0.2, 0.25) is 5.02 Å². The second-order valence-electron chi connectivity index (χ2n) is 7.33. The van der Waals surface area contributed by atoms with E-state index in [1.807, 2.05) is 0 Å². The fourth-order valence-electron chi connectivity index (χ4n) is 2.98. The third-order valence-electron chi connectivity index (χ3n) is 4.94. The number of nitrogens with two attached hydrogens (primary N) is 2. The maximum atomic E-state index is 14.6. The van der Waals surface area contributed by atoms with Crippen molar-refractivity contribution in [3.63, 3.8) is 0 Å². The number of hydrogen-bond acceptors (Lipinski definition) is 6. The summed E-state index contributed by atoms with van der Waals surface area (Å²) in [5, 5.41) is 2.74. The number of hydrogen-bond donors (Lipinski definition) is 3. The fraction of sp³-hybridized carbons (Fsp3) is 0.316. The summed E-state index contributed by atoms with van der Waals surface area (Å²) in [7, 11) is 0. The number of alkyl halides is 3. The van der Waals surface area contributed by atoms with Crippen molar-refractivity contribution in [2.75, 3.05) is 17.7 Å². The predicted octanol–water partition coefficient (Wildman–Crippen LogP) is 3.63. The van der Waals surface area contributed by atoms with Crippen LogP contribution in [0.25, 0.3) is 0 Å². The number of halogens is 5. The quantitative estimate of drug-likeness (QED) is 0.606. The van der Waals surface area contributed by atoms with Gasteiger partial charge in [-0.15, -0.1) is 0 Å². The van der Waals surface area contributed by atoms with Crippen LogP contribution in [-0.4, -0.2) is 35.1 Å². The van der Waals surface area contributed by atoms with Gasteiger partial charge in [-0.05, 0) is 38.1 Å². The van der Waals surface area contributed by atoms with Crippen molar-refractivity contribution < 1.29 is 27.1 Å². The largest absolute Gasteiger partial charge is 0.424 e. The van der Waals surface area contributed by atoms with Crippen molar-refractivity contribution in [1.29, 1.82) is 0 Å². The summed E-state index contributed by atoms with van der Waals surface area (Å²) in [5.41, 5.74) is 6.90. The number of amides is 1. The van der Waals surface area contributed by atoms with Crippen LogP contribution >= 0.6 is 11.6 Å². The van der Waals surface area contributed by atoms with Gasteiger partial charge in [0.25, 0.3) is 5.91 Å². The van der Waals surface area contributed by atoms with Crippen molar-refractivity contribution in [1.82, 2.24) is 4.98 Å². The number of carbonyl (C=O) groups is 1. The monoisotopic (exact) mass is 459 g/mol. The van der Waals surface area contributed by atoms with E-state index in [1.54, 1.807) is 0 Å². The molecular weight excluding hydrogens is 442 g/mol. The van der Waals surface area contributed by atoms with E-state index in [-0.39, 0.29) is 27.7 Å². The van der Waals surface area contributed by atoms with Crippen LogP contribution in [0.4, 0.5) is 28.9 Å². The molecule has 0 spiro atoms. The Morgan fingerprint density at radius 1 is 1.26 bits per heavy atom. The van der Waals surface area contributed by atoms with Crippen LogP contribution in [-0.2, 0) is 10.3 Å². The van der Waals surface area contributed by atoms with Gasteiger partial charge in [-0.3, -0.25) is 9.79 Å². The van der Waals surface area contributed by atoms with Crippen LogP contribution in [0.15, 0.2) is 35.5 Å². The van der Waals surface area contributed by atoms with E-state index in [0.717, 1.165) is 13.0 Å². The van der Waals surface area contributed by atoms with Crippen LogP contribution in [0, 0.1) is 5.82 Å². The van der Waals surface area contributed by atoms with Crippen LogP contribution in [0.1, 0.15) is 29.9 Å². The Bertz CT molecular complexity index is 1080. The van der Waals surface area contributed by atoms with Crippen molar-refractivity contribution >= 4 is 34.7 Å². The molecule has 0 fully saturated rings. The summed E-state index contributed by atoms with van der Waals surface area (Å²) in [6.07, 6.45) is -3.57. The van der Waals surface area contributed by atoms with Gasteiger partial charge in [0.2, 0.25) is 5.60 Å². The number of pyridine rings is 1. The summed E-state index contributed by atoms with van der Waals surface area (Å²) in [4.78, 5) is 20.2. The standard InChI is InChI=1S/C19H18ClF4N5O2/c1-17(8-31-18(2,16(26)29-17)19(22,23)24)11-6-10(3-4-12(11)21)28-15(30)14-13(25)5-9(20)7-27-14/h3-7H,8,25H2,1-2H3,(H2,26,29)(H,28,30)/t17-,18+/m0/s1. The van der Waals surface area contributed by atoms with Gasteiger partial charge in [-0.2, -0.15) is 13.2 Å². The van der Waals surface area contributed by atoms with Crippen molar-refractivity contribution in [2.24, 2.45) is 10.7 Å². The van der Waals surface area contributed by atoms with E-state index in [9.17, 15) is 22.4 Å². The molecule has 0 saturated heterocycles. The van der Waals surface area contributed by atoms with Crippen molar-refractivity contribution in [3.8, 4) is 0 Å². The topological polar surface area (TPSA) is 116 Å². The molecule has 0 saturated carbocycles. The number of anilines is 2. The minimum absolute atomic E-state index is 0.0313. The first-order chi connectivity index (χ1) is 14.3. The molecule has 2 aromatic rings. The smallest absolute Gasteiger partial charge is 0.397 e. The number of benzene rings is 1. The van der Waals surface area contributed by atoms with Gasteiger partial charge in [-0.25, -0.2) is 9.37 Å². The zero-order valence-electron chi connectivity index (χ0n) is 16.3. The third kappa shape index (κ3) is 4.15. The third-order valence-corrected chi connectivity index (χ3v) is 5.15.